The number of halogens is 4. The van der Waals surface area contributed by atoms with Gasteiger partial charge in [0.2, 0.25) is 0 Å². The lowest BCUT2D eigenvalue weighted by molar-refractivity contribution is -0.137. The summed E-state index contributed by atoms with van der Waals surface area (Å²) >= 11 is 5.59. The molecule has 1 amide bonds. The van der Waals surface area contributed by atoms with Crippen molar-refractivity contribution in [3.63, 3.8) is 0 Å². The summed E-state index contributed by atoms with van der Waals surface area (Å²) in [4.78, 5) is 12.7. The average Bonchev–Trinajstić information content (AvgIpc) is 2.70. The Kier molecular flexibility index (Phi) is 6.28. The number of carbonyl (C=O) groups excluding carboxylic acids is 1. The summed E-state index contributed by atoms with van der Waals surface area (Å²) in [6.07, 6.45) is -4.68. The van der Waals surface area contributed by atoms with Crippen LogP contribution < -0.4 is 10.0 Å². The van der Waals surface area contributed by atoms with Crippen LogP contribution in [0.15, 0.2) is 71.6 Å². The highest BCUT2D eigenvalue weighted by atomic mass is 35.5. The van der Waals surface area contributed by atoms with Gasteiger partial charge in [-0.25, -0.2) is 8.42 Å². The molecule has 10 heteroatoms. The zero-order valence-corrected chi connectivity index (χ0v) is 17.6. The first-order chi connectivity index (χ1) is 14.5. The molecule has 0 saturated heterocycles. The highest BCUT2D eigenvalue weighted by molar-refractivity contribution is 7.92. The summed E-state index contributed by atoms with van der Waals surface area (Å²) in [7, 11) is -3.89. The largest absolute Gasteiger partial charge is 0.417 e. The molecule has 3 rings (SSSR count). The maximum atomic E-state index is 13.0. The van der Waals surface area contributed by atoms with Crippen LogP contribution in [-0.2, 0) is 16.2 Å². The predicted octanol–water partition coefficient (Wildman–Crippen LogP) is 5.72. The van der Waals surface area contributed by atoms with Gasteiger partial charge >= 0.3 is 6.18 Å². The Hall–Kier alpha value is -3.04. The van der Waals surface area contributed by atoms with Gasteiger partial charge in [0.15, 0.2) is 0 Å². The highest BCUT2D eigenvalue weighted by Crippen LogP contribution is 2.36. The normalized spacial score (nSPS) is 11.8. The lowest BCUT2D eigenvalue weighted by atomic mass is 10.1. The van der Waals surface area contributed by atoms with Crippen LogP contribution in [0.2, 0.25) is 5.02 Å². The number of anilines is 2. The van der Waals surface area contributed by atoms with Crippen LogP contribution in [-0.4, -0.2) is 14.3 Å². The monoisotopic (exact) mass is 468 g/mol. The quantitative estimate of drug-likeness (QED) is 0.503. The Balaban J connectivity index is 1.87. The van der Waals surface area contributed by atoms with Crippen LogP contribution in [0.1, 0.15) is 21.5 Å². The van der Waals surface area contributed by atoms with Crippen LogP contribution in [0.3, 0.4) is 0 Å². The molecule has 3 aromatic rings. The van der Waals surface area contributed by atoms with E-state index in [1.54, 1.807) is 18.2 Å². The van der Waals surface area contributed by atoms with Crippen molar-refractivity contribution in [2.75, 3.05) is 10.0 Å². The molecule has 0 aromatic heterocycles. The van der Waals surface area contributed by atoms with Gasteiger partial charge in [0.05, 0.1) is 21.2 Å². The number of nitrogens with one attached hydrogen (secondary N) is 2. The maximum absolute atomic E-state index is 13.0. The first-order valence-corrected chi connectivity index (χ1v) is 10.7. The number of amides is 1. The van der Waals surface area contributed by atoms with Crippen LogP contribution in [0.5, 0.6) is 0 Å². The van der Waals surface area contributed by atoms with E-state index in [1.807, 2.05) is 0 Å². The fourth-order valence-corrected chi connectivity index (χ4v) is 4.18. The number of sulfonamides is 1. The zero-order chi connectivity index (χ0) is 22.8. The topological polar surface area (TPSA) is 75.3 Å². The average molecular weight is 469 g/mol. The number of hydrogen-bond acceptors (Lipinski definition) is 3. The molecule has 0 unspecified atom stereocenters. The first-order valence-electron chi connectivity index (χ1n) is 8.84. The second kappa shape index (κ2) is 8.60. The van der Waals surface area contributed by atoms with Gasteiger partial charge < -0.3 is 5.32 Å². The van der Waals surface area contributed by atoms with Crippen molar-refractivity contribution < 1.29 is 26.4 Å². The van der Waals surface area contributed by atoms with Crippen LogP contribution in [0, 0.1) is 6.92 Å². The Morgan fingerprint density at radius 1 is 0.968 bits per heavy atom. The van der Waals surface area contributed by atoms with Crippen molar-refractivity contribution in [3.8, 4) is 0 Å². The van der Waals surface area contributed by atoms with Gasteiger partial charge in [-0.2, -0.15) is 13.2 Å². The van der Waals surface area contributed by atoms with Crippen LogP contribution >= 0.6 is 11.6 Å². The summed E-state index contributed by atoms with van der Waals surface area (Å²) in [5.41, 5.74) is -0.602. The van der Waals surface area contributed by atoms with Gasteiger partial charge in [-0.15, -0.1) is 0 Å². The molecule has 31 heavy (non-hydrogen) atoms. The van der Waals surface area contributed by atoms with E-state index in [2.05, 4.69) is 10.0 Å². The minimum atomic E-state index is -4.68. The first kappa shape index (κ1) is 22.6. The molecule has 0 atom stereocenters. The van der Waals surface area contributed by atoms with Crippen molar-refractivity contribution in [2.45, 2.75) is 18.0 Å². The van der Waals surface area contributed by atoms with E-state index >= 15 is 0 Å². The second-order valence-electron chi connectivity index (χ2n) is 6.54. The number of benzene rings is 3. The van der Waals surface area contributed by atoms with Crippen molar-refractivity contribution in [1.29, 1.82) is 0 Å². The molecule has 2 N–H and O–H groups in total. The third-order valence-electron chi connectivity index (χ3n) is 4.41. The Morgan fingerprint density at radius 2 is 1.65 bits per heavy atom. The molecule has 3 aromatic carbocycles. The standard InChI is InChI=1S/C21H16ClF3N2O3S/c1-13-16(20(28)26-14-10-11-18(22)17(12-14)21(23,24)25)8-5-9-19(13)27-31(29,30)15-6-3-2-4-7-15/h2-12,27H,1H3,(H,26,28). The van der Waals surface area contributed by atoms with E-state index in [4.69, 9.17) is 11.6 Å². The summed E-state index contributed by atoms with van der Waals surface area (Å²) in [5.74, 6) is -0.700. The van der Waals surface area contributed by atoms with Crippen molar-refractivity contribution in [3.05, 3.63) is 88.4 Å². The Morgan fingerprint density at radius 3 is 2.29 bits per heavy atom. The molecule has 0 aliphatic carbocycles. The number of hydrogen-bond donors (Lipinski definition) is 2. The van der Waals surface area contributed by atoms with Gasteiger partial charge in [0, 0.05) is 11.3 Å². The molecule has 0 aliphatic heterocycles. The predicted molar refractivity (Wildman–Crippen MR) is 113 cm³/mol. The number of alkyl halides is 3. The molecule has 0 bridgehead atoms. The molecular formula is C21H16ClF3N2O3S. The zero-order valence-electron chi connectivity index (χ0n) is 16.0. The van der Waals surface area contributed by atoms with Crippen molar-refractivity contribution >= 4 is 38.9 Å². The molecule has 5 nitrogen and oxygen atoms in total. The molecule has 0 aliphatic rings. The number of rotatable bonds is 5. The minimum Gasteiger partial charge on any atom is -0.322 e. The fourth-order valence-electron chi connectivity index (χ4n) is 2.81. The molecule has 0 heterocycles. The van der Waals surface area contributed by atoms with Gasteiger partial charge in [-0.05, 0) is 55.0 Å². The molecule has 162 valence electrons. The lowest BCUT2D eigenvalue weighted by Gasteiger charge is -2.15. The highest BCUT2D eigenvalue weighted by Gasteiger charge is 2.33. The molecule has 0 fully saturated rings. The summed E-state index contributed by atoms with van der Waals surface area (Å²) in [6, 6.07) is 15.1. The van der Waals surface area contributed by atoms with Crippen LogP contribution in [0.25, 0.3) is 0 Å². The van der Waals surface area contributed by atoms with E-state index in [9.17, 15) is 26.4 Å². The molecular weight excluding hydrogens is 453 g/mol. The molecule has 0 saturated carbocycles. The van der Waals surface area contributed by atoms with E-state index < -0.39 is 32.7 Å². The Labute approximate surface area is 181 Å². The van der Waals surface area contributed by atoms with E-state index in [-0.39, 0.29) is 21.8 Å². The van der Waals surface area contributed by atoms with Crippen molar-refractivity contribution in [2.24, 2.45) is 0 Å². The maximum Gasteiger partial charge on any atom is 0.417 e. The molecule has 0 radical (unpaired) electrons. The lowest BCUT2D eigenvalue weighted by Crippen LogP contribution is -2.17. The van der Waals surface area contributed by atoms with E-state index in [0.717, 1.165) is 12.1 Å². The summed E-state index contributed by atoms with van der Waals surface area (Å²) < 4.78 is 66.7. The van der Waals surface area contributed by atoms with Gasteiger partial charge in [-0.1, -0.05) is 35.9 Å². The SMILES string of the molecule is Cc1c(NS(=O)(=O)c2ccccc2)cccc1C(=O)Nc1ccc(Cl)c(C(F)(F)F)c1. The number of carbonyl (C=O) groups is 1. The fraction of sp³-hybridized carbons (Fsp3) is 0.0952. The summed E-state index contributed by atoms with van der Waals surface area (Å²) in [6.45, 7) is 1.53. The van der Waals surface area contributed by atoms with Gasteiger partial charge in [0.25, 0.3) is 15.9 Å². The minimum absolute atomic E-state index is 0.0464. The molecule has 0 spiro atoms. The van der Waals surface area contributed by atoms with Crippen LogP contribution in [0.4, 0.5) is 24.5 Å². The smallest absolute Gasteiger partial charge is 0.322 e. The van der Waals surface area contributed by atoms with E-state index in [0.29, 0.717) is 5.56 Å². The van der Waals surface area contributed by atoms with Gasteiger partial charge in [0.1, 0.15) is 0 Å². The second-order valence-corrected chi connectivity index (χ2v) is 8.63. The van der Waals surface area contributed by atoms with Crippen molar-refractivity contribution in [1.82, 2.24) is 0 Å². The third-order valence-corrected chi connectivity index (χ3v) is 6.12. The Bertz CT molecular complexity index is 1230. The third kappa shape index (κ3) is 5.18. The van der Waals surface area contributed by atoms with E-state index in [1.165, 1.54) is 43.3 Å². The van der Waals surface area contributed by atoms with Gasteiger partial charge in [-0.3, -0.25) is 9.52 Å². The summed E-state index contributed by atoms with van der Waals surface area (Å²) in [5, 5.41) is 1.90.